The summed E-state index contributed by atoms with van der Waals surface area (Å²) in [7, 11) is 0. The van der Waals surface area contributed by atoms with E-state index in [1.165, 1.54) is 43.5 Å². The van der Waals surface area contributed by atoms with E-state index in [1.54, 1.807) is 0 Å². The van der Waals surface area contributed by atoms with Crippen LogP contribution in [0.5, 0.6) is 0 Å². The van der Waals surface area contributed by atoms with Crippen LogP contribution in [0.4, 0.5) is 5.69 Å². The summed E-state index contributed by atoms with van der Waals surface area (Å²) in [5.74, 6) is 0.120. The van der Waals surface area contributed by atoms with E-state index < -0.39 is 0 Å². The number of likely N-dealkylation sites (tertiary alicyclic amines) is 1. The number of unbranched alkanes of at least 4 members (excludes halogenated alkanes) is 1. The van der Waals surface area contributed by atoms with Crippen LogP contribution < -0.4 is 5.32 Å². The van der Waals surface area contributed by atoms with Crippen molar-refractivity contribution in [2.45, 2.75) is 51.9 Å². The number of aryl methyl sites for hydroxylation is 1. The number of carbonyl (C=O) groups excluding carboxylic acids is 1. The SMILES string of the molecule is CCc1ccccc1-c1cccc(NC(=O)CCCCN2CCCCC2)c1. The summed E-state index contributed by atoms with van der Waals surface area (Å²) in [5, 5.41) is 3.08. The molecule has 144 valence electrons. The lowest BCUT2D eigenvalue weighted by Crippen LogP contribution is -2.30. The maximum absolute atomic E-state index is 12.3. The van der Waals surface area contributed by atoms with Crippen molar-refractivity contribution in [3.63, 3.8) is 0 Å². The van der Waals surface area contributed by atoms with Gasteiger partial charge in [0.1, 0.15) is 0 Å². The Kier molecular flexibility index (Phi) is 7.46. The van der Waals surface area contributed by atoms with E-state index in [2.05, 4.69) is 53.5 Å². The van der Waals surface area contributed by atoms with E-state index in [0.717, 1.165) is 37.1 Å². The molecule has 0 saturated carbocycles. The second-order valence-electron chi connectivity index (χ2n) is 7.50. The molecule has 3 heteroatoms. The number of benzene rings is 2. The maximum Gasteiger partial charge on any atom is 0.224 e. The number of nitrogens with one attached hydrogen (secondary N) is 1. The minimum atomic E-state index is 0.120. The number of anilines is 1. The number of hydrogen-bond donors (Lipinski definition) is 1. The number of amides is 1. The predicted molar refractivity (Wildman–Crippen MR) is 114 cm³/mol. The molecule has 2 aromatic carbocycles. The topological polar surface area (TPSA) is 32.3 Å². The highest BCUT2D eigenvalue weighted by molar-refractivity contribution is 5.91. The van der Waals surface area contributed by atoms with E-state index in [-0.39, 0.29) is 5.91 Å². The normalized spacial score (nSPS) is 14.9. The fraction of sp³-hybridized carbons (Fsp3) is 0.458. The quantitative estimate of drug-likeness (QED) is 0.626. The van der Waals surface area contributed by atoms with Gasteiger partial charge in [-0.1, -0.05) is 49.7 Å². The lowest BCUT2D eigenvalue weighted by molar-refractivity contribution is -0.116. The highest BCUT2D eigenvalue weighted by Gasteiger charge is 2.10. The van der Waals surface area contributed by atoms with Crippen LogP contribution in [0.15, 0.2) is 48.5 Å². The Morgan fingerprint density at radius 2 is 1.81 bits per heavy atom. The lowest BCUT2D eigenvalue weighted by Gasteiger charge is -2.26. The van der Waals surface area contributed by atoms with Crippen LogP contribution in [0.1, 0.15) is 51.0 Å². The average Bonchev–Trinajstić information content (AvgIpc) is 2.72. The molecule has 1 aliphatic rings. The van der Waals surface area contributed by atoms with Gasteiger partial charge in [0.15, 0.2) is 0 Å². The van der Waals surface area contributed by atoms with Crippen molar-refractivity contribution in [3.8, 4) is 11.1 Å². The standard InChI is InChI=1S/C24H32N2O/c1-2-20-11-4-5-14-23(20)21-12-10-13-22(19-21)25-24(27)15-6-9-18-26-16-7-3-8-17-26/h4-5,10-14,19H,2-3,6-9,15-18H2,1H3,(H,25,27). The smallest absolute Gasteiger partial charge is 0.224 e. The number of nitrogens with zero attached hydrogens (tertiary/aromatic N) is 1. The minimum absolute atomic E-state index is 0.120. The van der Waals surface area contributed by atoms with Gasteiger partial charge in [-0.15, -0.1) is 0 Å². The van der Waals surface area contributed by atoms with Crippen molar-refractivity contribution < 1.29 is 4.79 Å². The van der Waals surface area contributed by atoms with Crippen molar-refractivity contribution in [2.75, 3.05) is 25.0 Å². The van der Waals surface area contributed by atoms with Gasteiger partial charge in [0.05, 0.1) is 0 Å². The molecule has 3 nitrogen and oxygen atoms in total. The van der Waals surface area contributed by atoms with E-state index in [0.29, 0.717) is 6.42 Å². The van der Waals surface area contributed by atoms with Gasteiger partial charge >= 0.3 is 0 Å². The molecule has 1 amide bonds. The molecule has 27 heavy (non-hydrogen) atoms. The Bertz CT molecular complexity index is 735. The molecule has 0 bridgehead atoms. The van der Waals surface area contributed by atoms with E-state index >= 15 is 0 Å². The molecule has 1 aliphatic heterocycles. The summed E-state index contributed by atoms with van der Waals surface area (Å²) >= 11 is 0. The summed E-state index contributed by atoms with van der Waals surface area (Å²) in [6.07, 6.45) is 7.71. The molecule has 3 rings (SSSR count). The zero-order valence-electron chi connectivity index (χ0n) is 16.5. The van der Waals surface area contributed by atoms with Gasteiger partial charge in [0, 0.05) is 12.1 Å². The zero-order valence-corrected chi connectivity index (χ0v) is 16.5. The zero-order chi connectivity index (χ0) is 18.9. The van der Waals surface area contributed by atoms with E-state index in [4.69, 9.17) is 0 Å². The van der Waals surface area contributed by atoms with Crippen LogP contribution in [0.3, 0.4) is 0 Å². The van der Waals surface area contributed by atoms with Gasteiger partial charge in [0.25, 0.3) is 0 Å². The molecule has 1 fully saturated rings. The van der Waals surface area contributed by atoms with Gasteiger partial charge in [-0.3, -0.25) is 4.79 Å². The van der Waals surface area contributed by atoms with E-state index in [9.17, 15) is 4.79 Å². The molecule has 0 aliphatic carbocycles. The van der Waals surface area contributed by atoms with Crippen molar-refractivity contribution in [1.82, 2.24) is 4.90 Å². The Hall–Kier alpha value is -2.13. The first-order chi connectivity index (χ1) is 13.3. The average molecular weight is 365 g/mol. The highest BCUT2D eigenvalue weighted by Crippen LogP contribution is 2.26. The third-order valence-corrected chi connectivity index (χ3v) is 5.43. The molecular formula is C24H32N2O. The fourth-order valence-corrected chi connectivity index (χ4v) is 3.90. The number of piperidine rings is 1. The van der Waals surface area contributed by atoms with Gasteiger partial charge in [-0.25, -0.2) is 0 Å². The Labute approximate surface area is 163 Å². The van der Waals surface area contributed by atoms with Crippen LogP contribution >= 0.6 is 0 Å². The second kappa shape index (κ2) is 10.3. The first-order valence-electron chi connectivity index (χ1n) is 10.5. The van der Waals surface area contributed by atoms with Crippen LogP contribution in [-0.4, -0.2) is 30.4 Å². The molecule has 1 N–H and O–H groups in total. The first kappa shape index (κ1) is 19.6. The van der Waals surface area contributed by atoms with E-state index in [1.807, 2.05) is 12.1 Å². The van der Waals surface area contributed by atoms with Gasteiger partial charge in [-0.05, 0) is 80.6 Å². The largest absolute Gasteiger partial charge is 0.326 e. The first-order valence-corrected chi connectivity index (χ1v) is 10.5. The van der Waals surface area contributed by atoms with Gasteiger partial charge < -0.3 is 10.2 Å². The molecule has 0 unspecified atom stereocenters. The van der Waals surface area contributed by atoms with Crippen LogP contribution in [0, 0.1) is 0 Å². The minimum Gasteiger partial charge on any atom is -0.326 e. The van der Waals surface area contributed by atoms with Crippen molar-refractivity contribution in [1.29, 1.82) is 0 Å². The monoisotopic (exact) mass is 364 g/mol. The molecule has 0 aromatic heterocycles. The number of carbonyl (C=O) groups is 1. The molecule has 2 aromatic rings. The number of rotatable bonds is 8. The third kappa shape index (κ3) is 5.93. The number of hydrogen-bond acceptors (Lipinski definition) is 2. The summed E-state index contributed by atoms with van der Waals surface area (Å²) in [4.78, 5) is 14.8. The fourth-order valence-electron chi connectivity index (χ4n) is 3.90. The van der Waals surface area contributed by atoms with Gasteiger partial charge in [-0.2, -0.15) is 0 Å². The Balaban J connectivity index is 1.49. The molecule has 0 spiro atoms. The summed E-state index contributed by atoms with van der Waals surface area (Å²) in [5.41, 5.74) is 4.63. The molecule has 1 heterocycles. The summed E-state index contributed by atoms with van der Waals surface area (Å²) in [6, 6.07) is 16.7. The van der Waals surface area contributed by atoms with Crippen molar-refractivity contribution in [2.24, 2.45) is 0 Å². The maximum atomic E-state index is 12.3. The Morgan fingerprint density at radius 1 is 1.00 bits per heavy atom. The second-order valence-corrected chi connectivity index (χ2v) is 7.50. The van der Waals surface area contributed by atoms with Crippen LogP contribution in [0.2, 0.25) is 0 Å². The Morgan fingerprint density at radius 3 is 2.63 bits per heavy atom. The summed E-state index contributed by atoms with van der Waals surface area (Å²) in [6.45, 7) is 5.78. The van der Waals surface area contributed by atoms with Crippen LogP contribution in [-0.2, 0) is 11.2 Å². The highest BCUT2D eigenvalue weighted by atomic mass is 16.1. The molecule has 0 radical (unpaired) electrons. The third-order valence-electron chi connectivity index (χ3n) is 5.43. The predicted octanol–water partition coefficient (Wildman–Crippen LogP) is 5.51. The van der Waals surface area contributed by atoms with Crippen LogP contribution in [0.25, 0.3) is 11.1 Å². The lowest BCUT2D eigenvalue weighted by atomic mass is 9.98. The molecule has 1 saturated heterocycles. The van der Waals surface area contributed by atoms with Gasteiger partial charge in [0.2, 0.25) is 5.91 Å². The van der Waals surface area contributed by atoms with Crippen molar-refractivity contribution >= 4 is 11.6 Å². The van der Waals surface area contributed by atoms with Crippen molar-refractivity contribution in [3.05, 3.63) is 54.1 Å². The summed E-state index contributed by atoms with van der Waals surface area (Å²) < 4.78 is 0. The molecule has 0 atom stereocenters. The molecular weight excluding hydrogens is 332 g/mol.